The first-order chi connectivity index (χ1) is 11.3. The van der Waals surface area contributed by atoms with Gasteiger partial charge in [-0.15, -0.1) is 0 Å². The Bertz CT molecular complexity index is 700. The summed E-state index contributed by atoms with van der Waals surface area (Å²) in [5, 5.41) is 7.88. The summed E-state index contributed by atoms with van der Waals surface area (Å²) in [5.41, 5.74) is 2.14. The standard InChI is InChI=1S/C19H30N4O/c1-7-20-18(22-13-19(3,4)23(5)6)21-12-17-14(2)15-10-8-9-11-16(15)24-17/h8-11H,7,12-13H2,1-6H3,(H2,20,21,22). The highest BCUT2D eigenvalue weighted by molar-refractivity contribution is 5.82. The Labute approximate surface area is 145 Å². The zero-order valence-corrected chi connectivity index (χ0v) is 15.7. The molecule has 5 nitrogen and oxygen atoms in total. The minimum Gasteiger partial charge on any atom is -0.459 e. The molecule has 0 aliphatic heterocycles. The van der Waals surface area contributed by atoms with Crippen LogP contribution in [0.5, 0.6) is 0 Å². The number of nitrogens with zero attached hydrogens (tertiary/aromatic N) is 2. The van der Waals surface area contributed by atoms with Gasteiger partial charge in [-0.2, -0.15) is 0 Å². The summed E-state index contributed by atoms with van der Waals surface area (Å²) in [4.78, 5) is 6.89. The van der Waals surface area contributed by atoms with Crippen molar-refractivity contribution in [3.05, 3.63) is 35.6 Å². The van der Waals surface area contributed by atoms with Crippen LogP contribution in [0.25, 0.3) is 11.0 Å². The van der Waals surface area contributed by atoms with Gasteiger partial charge in [0.1, 0.15) is 17.9 Å². The van der Waals surface area contributed by atoms with Crippen molar-refractivity contribution in [1.29, 1.82) is 0 Å². The molecule has 132 valence electrons. The number of para-hydroxylation sites is 1. The zero-order chi connectivity index (χ0) is 17.7. The molecule has 0 aliphatic carbocycles. The van der Waals surface area contributed by atoms with E-state index in [4.69, 9.17) is 4.42 Å². The Morgan fingerprint density at radius 2 is 1.92 bits per heavy atom. The van der Waals surface area contributed by atoms with Crippen LogP contribution in [-0.4, -0.2) is 43.6 Å². The molecule has 2 aromatic rings. The molecular formula is C19H30N4O. The average Bonchev–Trinajstić information content (AvgIpc) is 2.87. The normalized spacial score (nSPS) is 12.9. The zero-order valence-electron chi connectivity index (χ0n) is 15.7. The van der Waals surface area contributed by atoms with Gasteiger partial charge in [-0.05, 0) is 47.9 Å². The monoisotopic (exact) mass is 330 g/mol. The van der Waals surface area contributed by atoms with Crippen molar-refractivity contribution in [1.82, 2.24) is 15.5 Å². The molecule has 0 radical (unpaired) electrons. The van der Waals surface area contributed by atoms with E-state index in [9.17, 15) is 0 Å². The van der Waals surface area contributed by atoms with Crippen LogP contribution < -0.4 is 10.6 Å². The fourth-order valence-electron chi connectivity index (χ4n) is 2.33. The van der Waals surface area contributed by atoms with E-state index in [1.807, 2.05) is 18.2 Å². The van der Waals surface area contributed by atoms with E-state index < -0.39 is 0 Å². The number of rotatable bonds is 6. The Kier molecular flexibility index (Phi) is 5.89. The number of guanidine groups is 1. The van der Waals surface area contributed by atoms with E-state index in [0.29, 0.717) is 6.54 Å². The van der Waals surface area contributed by atoms with Crippen LogP contribution >= 0.6 is 0 Å². The van der Waals surface area contributed by atoms with E-state index in [2.05, 4.69) is 68.4 Å². The lowest BCUT2D eigenvalue weighted by Crippen LogP contribution is -2.50. The van der Waals surface area contributed by atoms with Crippen LogP contribution in [-0.2, 0) is 6.54 Å². The molecule has 2 N–H and O–H groups in total. The lowest BCUT2D eigenvalue weighted by atomic mass is 10.0. The summed E-state index contributed by atoms with van der Waals surface area (Å²) in [6.45, 7) is 10.7. The average molecular weight is 330 g/mol. The molecule has 0 spiro atoms. The molecule has 2 rings (SSSR count). The van der Waals surface area contributed by atoms with Crippen molar-refractivity contribution in [2.75, 3.05) is 27.2 Å². The maximum Gasteiger partial charge on any atom is 0.191 e. The van der Waals surface area contributed by atoms with Gasteiger partial charge < -0.3 is 20.0 Å². The van der Waals surface area contributed by atoms with E-state index in [1.54, 1.807) is 0 Å². The van der Waals surface area contributed by atoms with Crippen LogP contribution in [0, 0.1) is 6.92 Å². The molecule has 0 saturated heterocycles. The van der Waals surface area contributed by atoms with Gasteiger partial charge in [0.25, 0.3) is 0 Å². The molecule has 5 heteroatoms. The number of fused-ring (bicyclic) bond motifs is 1. The highest BCUT2D eigenvalue weighted by atomic mass is 16.3. The Morgan fingerprint density at radius 1 is 1.21 bits per heavy atom. The van der Waals surface area contributed by atoms with E-state index in [-0.39, 0.29) is 5.54 Å². The number of likely N-dealkylation sites (N-methyl/N-ethyl adjacent to an activating group) is 1. The van der Waals surface area contributed by atoms with Gasteiger partial charge in [0, 0.05) is 29.6 Å². The predicted molar refractivity (Wildman–Crippen MR) is 102 cm³/mol. The van der Waals surface area contributed by atoms with E-state index in [1.165, 1.54) is 5.56 Å². The number of furan rings is 1. The van der Waals surface area contributed by atoms with Crippen molar-refractivity contribution in [2.45, 2.75) is 39.8 Å². The first-order valence-electron chi connectivity index (χ1n) is 8.51. The quantitative estimate of drug-likeness (QED) is 0.631. The van der Waals surface area contributed by atoms with Crippen molar-refractivity contribution >= 4 is 16.9 Å². The Balaban J connectivity index is 2.11. The molecule has 0 atom stereocenters. The Hall–Kier alpha value is -2.01. The van der Waals surface area contributed by atoms with Crippen LogP contribution in [0.4, 0.5) is 0 Å². The van der Waals surface area contributed by atoms with Gasteiger partial charge in [0.05, 0.1) is 0 Å². The summed E-state index contributed by atoms with van der Waals surface area (Å²) >= 11 is 0. The smallest absolute Gasteiger partial charge is 0.191 e. The molecule has 1 aromatic carbocycles. The molecule has 0 fully saturated rings. The van der Waals surface area contributed by atoms with Crippen LogP contribution in [0.2, 0.25) is 0 Å². The van der Waals surface area contributed by atoms with Gasteiger partial charge >= 0.3 is 0 Å². The third-order valence-corrected chi connectivity index (χ3v) is 4.57. The topological polar surface area (TPSA) is 52.8 Å². The van der Waals surface area contributed by atoms with Crippen molar-refractivity contribution in [3.63, 3.8) is 0 Å². The second kappa shape index (κ2) is 7.71. The maximum atomic E-state index is 5.94. The van der Waals surface area contributed by atoms with Crippen molar-refractivity contribution in [2.24, 2.45) is 4.99 Å². The summed E-state index contributed by atoms with van der Waals surface area (Å²) in [7, 11) is 4.17. The lowest BCUT2D eigenvalue weighted by molar-refractivity contribution is 0.197. The largest absolute Gasteiger partial charge is 0.459 e. The Morgan fingerprint density at radius 3 is 2.54 bits per heavy atom. The minimum atomic E-state index is 0.0471. The molecular weight excluding hydrogens is 300 g/mol. The highest BCUT2D eigenvalue weighted by Gasteiger charge is 2.20. The summed E-state index contributed by atoms with van der Waals surface area (Å²) in [5.74, 6) is 1.73. The summed E-state index contributed by atoms with van der Waals surface area (Å²) in [6, 6.07) is 8.11. The SMILES string of the molecule is CCNC(=NCc1oc2ccccc2c1C)NCC(C)(C)N(C)C. The molecule has 0 bridgehead atoms. The predicted octanol–water partition coefficient (Wildman–Crippen LogP) is 3.14. The lowest BCUT2D eigenvalue weighted by Gasteiger charge is -2.33. The molecule has 24 heavy (non-hydrogen) atoms. The molecule has 1 aromatic heterocycles. The molecule has 0 aliphatic rings. The fraction of sp³-hybridized carbons (Fsp3) is 0.526. The third kappa shape index (κ3) is 4.29. The van der Waals surface area contributed by atoms with Gasteiger partial charge in [0.15, 0.2) is 5.96 Å². The number of hydrogen-bond acceptors (Lipinski definition) is 3. The molecule has 0 saturated carbocycles. The summed E-state index contributed by atoms with van der Waals surface area (Å²) in [6.07, 6.45) is 0. The van der Waals surface area contributed by atoms with E-state index in [0.717, 1.165) is 35.8 Å². The maximum absolute atomic E-state index is 5.94. The van der Waals surface area contributed by atoms with Crippen molar-refractivity contribution < 1.29 is 4.42 Å². The first kappa shape index (κ1) is 18.3. The number of aliphatic imine (C=N–C) groups is 1. The van der Waals surface area contributed by atoms with Crippen LogP contribution in [0.1, 0.15) is 32.1 Å². The minimum absolute atomic E-state index is 0.0471. The third-order valence-electron chi connectivity index (χ3n) is 4.57. The van der Waals surface area contributed by atoms with Crippen LogP contribution in [0.15, 0.2) is 33.7 Å². The summed E-state index contributed by atoms with van der Waals surface area (Å²) < 4.78 is 5.94. The highest BCUT2D eigenvalue weighted by Crippen LogP contribution is 2.25. The second-order valence-electron chi connectivity index (χ2n) is 6.90. The second-order valence-corrected chi connectivity index (χ2v) is 6.90. The molecule has 0 amide bonds. The first-order valence-corrected chi connectivity index (χ1v) is 8.51. The number of nitrogens with one attached hydrogen (secondary N) is 2. The van der Waals surface area contributed by atoms with Gasteiger partial charge in [0.2, 0.25) is 0 Å². The van der Waals surface area contributed by atoms with Gasteiger partial charge in [-0.3, -0.25) is 0 Å². The number of benzene rings is 1. The number of aryl methyl sites for hydroxylation is 1. The molecule has 0 unspecified atom stereocenters. The molecule has 1 heterocycles. The van der Waals surface area contributed by atoms with Crippen LogP contribution in [0.3, 0.4) is 0 Å². The van der Waals surface area contributed by atoms with Gasteiger partial charge in [-0.1, -0.05) is 18.2 Å². The fourth-order valence-corrected chi connectivity index (χ4v) is 2.33. The number of hydrogen-bond donors (Lipinski definition) is 2. The van der Waals surface area contributed by atoms with Gasteiger partial charge in [-0.25, -0.2) is 4.99 Å². The van der Waals surface area contributed by atoms with E-state index >= 15 is 0 Å². The van der Waals surface area contributed by atoms with Crippen molar-refractivity contribution in [3.8, 4) is 0 Å².